The SMILES string of the molecule is OB(O)c1c(-c2ccccc2)c(-c2ccccc2)c2c3c(cccc13)-c1cc3ccccc3cc1-2. The normalized spacial score (nSPS) is 11.7. The molecule has 7 rings (SSSR count). The first-order valence-electron chi connectivity index (χ1n) is 11.9. The summed E-state index contributed by atoms with van der Waals surface area (Å²) in [6.07, 6.45) is 0. The molecule has 35 heavy (non-hydrogen) atoms. The largest absolute Gasteiger partial charge is 0.489 e. The van der Waals surface area contributed by atoms with Crippen LogP contribution in [0.3, 0.4) is 0 Å². The van der Waals surface area contributed by atoms with Gasteiger partial charge in [0.15, 0.2) is 0 Å². The Labute approximate surface area is 203 Å². The van der Waals surface area contributed by atoms with Crippen molar-refractivity contribution in [3.63, 3.8) is 0 Å². The second-order valence-electron chi connectivity index (χ2n) is 9.12. The summed E-state index contributed by atoms with van der Waals surface area (Å²) < 4.78 is 0. The first-order chi connectivity index (χ1) is 17.2. The lowest BCUT2D eigenvalue weighted by molar-refractivity contribution is 0.426. The Balaban J connectivity index is 1.75. The predicted octanol–water partition coefficient (Wildman–Crippen LogP) is 6.65. The van der Waals surface area contributed by atoms with Crippen molar-refractivity contribution in [3.8, 4) is 44.5 Å². The predicted molar refractivity (Wildman–Crippen MR) is 147 cm³/mol. The number of rotatable bonds is 3. The van der Waals surface area contributed by atoms with Crippen LogP contribution in [0.25, 0.3) is 66.1 Å². The van der Waals surface area contributed by atoms with Crippen LogP contribution in [0.5, 0.6) is 0 Å². The van der Waals surface area contributed by atoms with E-state index in [1.54, 1.807) is 0 Å². The van der Waals surface area contributed by atoms with Gasteiger partial charge in [-0.15, -0.1) is 0 Å². The van der Waals surface area contributed by atoms with Gasteiger partial charge >= 0.3 is 7.12 Å². The smallest absolute Gasteiger partial charge is 0.423 e. The highest BCUT2D eigenvalue weighted by atomic mass is 16.4. The van der Waals surface area contributed by atoms with Crippen molar-refractivity contribution in [1.82, 2.24) is 0 Å². The van der Waals surface area contributed by atoms with E-state index in [1.165, 1.54) is 21.9 Å². The summed E-state index contributed by atoms with van der Waals surface area (Å²) in [7, 11) is -1.61. The molecule has 6 aromatic rings. The Bertz CT molecular complexity index is 1760. The highest BCUT2D eigenvalue weighted by Gasteiger charge is 2.33. The molecule has 0 unspecified atom stereocenters. The number of hydrogen-bond acceptors (Lipinski definition) is 2. The van der Waals surface area contributed by atoms with Crippen molar-refractivity contribution in [3.05, 3.63) is 115 Å². The van der Waals surface area contributed by atoms with Crippen molar-refractivity contribution in [2.24, 2.45) is 0 Å². The highest BCUT2D eigenvalue weighted by molar-refractivity contribution is 6.65. The third kappa shape index (κ3) is 2.93. The van der Waals surface area contributed by atoms with Gasteiger partial charge in [0.25, 0.3) is 0 Å². The van der Waals surface area contributed by atoms with Crippen molar-refractivity contribution in [2.75, 3.05) is 0 Å². The standard InChI is InChI=1S/C32H21BO2/c34-33(35)32-25-17-9-16-24-26-18-22-14-7-8-15-23(22)19-27(26)31(30(24)25)28(20-10-3-1-4-11-20)29(32)21-12-5-2-6-13-21/h1-19,34-35H. The minimum atomic E-state index is -1.61. The van der Waals surface area contributed by atoms with Crippen LogP contribution in [0.15, 0.2) is 115 Å². The zero-order valence-corrected chi connectivity index (χ0v) is 18.9. The zero-order chi connectivity index (χ0) is 23.5. The van der Waals surface area contributed by atoms with Gasteiger partial charge < -0.3 is 10.0 Å². The average molecular weight is 448 g/mol. The van der Waals surface area contributed by atoms with Crippen molar-refractivity contribution in [2.45, 2.75) is 0 Å². The molecule has 0 amide bonds. The summed E-state index contributed by atoms with van der Waals surface area (Å²) in [4.78, 5) is 0. The van der Waals surface area contributed by atoms with Gasteiger partial charge in [-0.25, -0.2) is 0 Å². The molecule has 0 heterocycles. The quantitative estimate of drug-likeness (QED) is 0.297. The highest BCUT2D eigenvalue weighted by Crippen LogP contribution is 2.54. The molecule has 0 saturated heterocycles. The van der Waals surface area contributed by atoms with Gasteiger partial charge in [-0.3, -0.25) is 0 Å². The molecule has 0 aromatic heterocycles. The molecule has 1 aliphatic rings. The molecule has 6 aromatic carbocycles. The summed E-state index contributed by atoms with van der Waals surface area (Å²) in [6.45, 7) is 0. The van der Waals surface area contributed by atoms with Gasteiger partial charge in [0, 0.05) is 0 Å². The van der Waals surface area contributed by atoms with Gasteiger partial charge in [-0.2, -0.15) is 0 Å². The second kappa shape index (κ2) is 7.67. The first kappa shape index (κ1) is 20.2. The third-order valence-electron chi connectivity index (χ3n) is 7.20. The Morgan fingerprint density at radius 3 is 1.66 bits per heavy atom. The van der Waals surface area contributed by atoms with Crippen LogP contribution in [0, 0.1) is 0 Å². The molecule has 0 aliphatic heterocycles. The summed E-state index contributed by atoms with van der Waals surface area (Å²) >= 11 is 0. The number of fused-ring (bicyclic) bond motifs is 4. The van der Waals surface area contributed by atoms with Crippen molar-refractivity contribution in [1.29, 1.82) is 0 Å². The zero-order valence-electron chi connectivity index (χ0n) is 18.9. The van der Waals surface area contributed by atoms with E-state index in [9.17, 15) is 10.0 Å². The first-order valence-corrected chi connectivity index (χ1v) is 11.9. The number of hydrogen-bond donors (Lipinski definition) is 2. The van der Waals surface area contributed by atoms with E-state index in [4.69, 9.17) is 0 Å². The van der Waals surface area contributed by atoms with Crippen LogP contribution < -0.4 is 5.46 Å². The van der Waals surface area contributed by atoms with E-state index in [0.29, 0.717) is 5.46 Å². The van der Waals surface area contributed by atoms with Crippen LogP contribution >= 0.6 is 0 Å². The summed E-state index contributed by atoms with van der Waals surface area (Å²) in [5, 5.41) is 25.9. The minimum absolute atomic E-state index is 0.549. The maximum Gasteiger partial charge on any atom is 0.489 e. The van der Waals surface area contributed by atoms with Crippen molar-refractivity contribution >= 4 is 34.1 Å². The van der Waals surface area contributed by atoms with E-state index < -0.39 is 7.12 Å². The molecule has 0 radical (unpaired) electrons. The lowest BCUT2D eigenvalue weighted by Crippen LogP contribution is -2.33. The summed E-state index contributed by atoms with van der Waals surface area (Å²) in [5.41, 5.74) is 9.14. The van der Waals surface area contributed by atoms with Gasteiger partial charge in [-0.1, -0.05) is 103 Å². The van der Waals surface area contributed by atoms with Gasteiger partial charge in [0.1, 0.15) is 0 Å². The van der Waals surface area contributed by atoms with Gasteiger partial charge in [0.05, 0.1) is 0 Å². The van der Waals surface area contributed by atoms with Crippen LogP contribution in [0.1, 0.15) is 0 Å². The summed E-state index contributed by atoms with van der Waals surface area (Å²) in [5.74, 6) is 0. The minimum Gasteiger partial charge on any atom is -0.423 e. The summed E-state index contributed by atoms with van der Waals surface area (Å²) in [6, 6.07) is 39.6. The lowest BCUT2D eigenvalue weighted by atomic mass is 9.69. The number of benzene rings is 6. The molecule has 2 N–H and O–H groups in total. The van der Waals surface area contributed by atoms with Gasteiger partial charge in [0.2, 0.25) is 0 Å². The van der Waals surface area contributed by atoms with Gasteiger partial charge in [-0.05, 0) is 83.6 Å². The Morgan fingerprint density at radius 2 is 1.03 bits per heavy atom. The van der Waals surface area contributed by atoms with Crippen LogP contribution in [0.4, 0.5) is 0 Å². The van der Waals surface area contributed by atoms with Crippen LogP contribution in [-0.4, -0.2) is 17.2 Å². The Hall–Kier alpha value is -4.18. The second-order valence-corrected chi connectivity index (χ2v) is 9.12. The monoisotopic (exact) mass is 448 g/mol. The van der Waals surface area contributed by atoms with E-state index in [0.717, 1.165) is 44.2 Å². The molecule has 0 spiro atoms. The third-order valence-corrected chi connectivity index (χ3v) is 7.20. The molecule has 0 fully saturated rings. The maximum absolute atomic E-state index is 10.8. The van der Waals surface area contributed by atoms with E-state index >= 15 is 0 Å². The van der Waals surface area contributed by atoms with E-state index in [1.807, 2.05) is 60.7 Å². The molecule has 1 aliphatic carbocycles. The fourth-order valence-corrected chi connectivity index (χ4v) is 5.80. The topological polar surface area (TPSA) is 40.5 Å². The van der Waals surface area contributed by atoms with E-state index in [-0.39, 0.29) is 0 Å². The maximum atomic E-state index is 10.8. The van der Waals surface area contributed by atoms with Crippen LogP contribution in [-0.2, 0) is 0 Å². The lowest BCUT2D eigenvalue weighted by Gasteiger charge is -2.22. The Morgan fingerprint density at radius 1 is 0.457 bits per heavy atom. The van der Waals surface area contributed by atoms with Crippen LogP contribution in [0.2, 0.25) is 0 Å². The molecular weight excluding hydrogens is 427 g/mol. The molecule has 0 atom stereocenters. The van der Waals surface area contributed by atoms with E-state index in [2.05, 4.69) is 54.6 Å². The fourth-order valence-electron chi connectivity index (χ4n) is 5.80. The molecule has 3 heteroatoms. The molecule has 164 valence electrons. The molecular formula is C32H21BO2. The fraction of sp³-hybridized carbons (Fsp3) is 0. The Kier molecular flexibility index (Phi) is 4.43. The van der Waals surface area contributed by atoms with Crippen molar-refractivity contribution < 1.29 is 10.0 Å². The molecule has 0 bridgehead atoms. The molecule has 2 nitrogen and oxygen atoms in total. The average Bonchev–Trinajstić information content (AvgIpc) is 3.22. The molecule has 0 saturated carbocycles.